The van der Waals surface area contributed by atoms with Gasteiger partial charge in [0.05, 0.1) is 6.67 Å². The fraction of sp³-hybridized carbons (Fsp3) is 0.364. The van der Waals surface area contributed by atoms with E-state index in [1.807, 2.05) is 24.1 Å². The molecule has 0 bridgehead atoms. The molecule has 0 aliphatic carbocycles. The molecule has 0 radical (unpaired) electrons. The number of nitrogens with one attached hydrogen (secondary N) is 1. The van der Waals surface area contributed by atoms with Crippen LogP contribution in [0.1, 0.15) is 12.5 Å². The van der Waals surface area contributed by atoms with Crippen molar-refractivity contribution >= 4 is 11.6 Å². The molecule has 0 spiro atoms. The third-order valence-electron chi connectivity index (χ3n) is 2.04. The van der Waals surface area contributed by atoms with Crippen LogP contribution >= 0.6 is 0 Å². The van der Waals surface area contributed by atoms with Crippen LogP contribution in [0.2, 0.25) is 0 Å². The lowest BCUT2D eigenvalue weighted by Gasteiger charge is -2.19. The Bertz CT molecular complexity index is 306. The number of hydrogen-bond donors (Lipinski definition) is 1. The summed E-state index contributed by atoms with van der Waals surface area (Å²) < 4.78 is 0. The van der Waals surface area contributed by atoms with E-state index in [2.05, 4.69) is 24.4 Å². The summed E-state index contributed by atoms with van der Waals surface area (Å²) in [5.41, 5.74) is 2.34. The third-order valence-corrected chi connectivity index (χ3v) is 2.04. The third kappa shape index (κ3) is 3.09. The smallest absolute Gasteiger partial charge is 0.218 e. The molecule has 0 atom stereocenters. The van der Waals surface area contributed by atoms with Crippen LogP contribution in [0, 0.1) is 6.92 Å². The normalized spacial score (nSPS) is 9.64. The summed E-state index contributed by atoms with van der Waals surface area (Å²) in [6.07, 6.45) is 0. The van der Waals surface area contributed by atoms with Gasteiger partial charge in [-0.3, -0.25) is 4.79 Å². The summed E-state index contributed by atoms with van der Waals surface area (Å²) >= 11 is 0. The maximum atomic E-state index is 10.7. The van der Waals surface area contributed by atoms with Crippen molar-refractivity contribution in [3.05, 3.63) is 29.8 Å². The van der Waals surface area contributed by atoms with Gasteiger partial charge in [-0.2, -0.15) is 0 Å². The minimum Gasteiger partial charge on any atom is -0.357 e. The molecule has 1 amide bonds. The van der Waals surface area contributed by atoms with E-state index in [0.29, 0.717) is 6.67 Å². The molecular weight excluding hydrogens is 176 g/mol. The van der Waals surface area contributed by atoms with Gasteiger partial charge in [0.15, 0.2) is 0 Å². The van der Waals surface area contributed by atoms with Crippen LogP contribution < -0.4 is 10.2 Å². The maximum absolute atomic E-state index is 10.7. The fourth-order valence-corrected chi connectivity index (χ4v) is 1.12. The molecule has 0 aliphatic rings. The summed E-state index contributed by atoms with van der Waals surface area (Å²) in [6.45, 7) is 4.11. The zero-order valence-corrected chi connectivity index (χ0v) is 8.87. The summed E-state index contributed by atoms with van der Waals surface area (Å²) in [4.78, 5) is 12.7. The van der Waals surface area contributed by atoms with Crippen molar-refractivity contribution in [3.63, 3.8) is 0 Å². The number of amides is 1. The van der Waals surface area contributed by atoms with Crippen molar-refractivity contribution in [2.75, 3.05) is 18.6 Å². The molecule has 1 aromatic carbocycles. The van der Waals surface area contributed by atoms with E-state index in [-0.39, 0.29) is 5.91 Å². The molecular formula is C11H16N2O. The van der Waals surface area contributed by atoms with Crippen LogP contribution in [0.3, 0.4) is 0 Å². The number of anilines is 1. The SMILES string of the molecule is CC(=O)NCN(C)c1ccc(C)cc1. The van der Waals surface area contributed by atoms with E-state index in [1.54, 1.807) is 0 Å². The molecule has 1 N–H and O–H groups in total. The van der Waals surface area contributed by atoms with Crippen LogP contribution in [-0.4, -0.2) is 19.6 Å². The number of nitrogens with zero attached hydrogens (tertiary/aromatic N) is 1. The first-order valence-electron chi connectivity index (χ1n) is 4.62. The zero-order chi connectivity index (χ0) is 10.6. The highest BCUT2D eigenvalue weighted by Crippen LogP contribution is 2.11. The Morgan fingerprint density at radius 3 is 2.43 bits per heavy atom. The highest BCUT2D eigenvalue weighted by Gasteiger charge is 1.99. The van der Waals surface area contributed by atoms with Crippen molar-refractivity contribution in [1.82, 2.24) is 5.32 Å². The Labute approximate surface area is 84.7 Å². The van der Waals surface area contributed by atoms with Crippen molar-refractivity contribution < 1.29 is 4.79 Å². The van der Waals surface area contributed by atoms with E-state index in [1.165, 1.54) is 12.5 Å². The average molecular weight is 192 g/mol. The Morgan fingerprint density at radius 1 is 1.36 bits per heavy atom. The molecule has 3 heteroatoms. The molecule has 14 heavy (non-hydrogen) atoms. The second-order valence-electron chi connectivity index (χ2n) is 3.42. The molecule has 1 aromatic rings. The van der Waals surface area contributed by atoms with Gasteiger partial charge in [-0.05, 0) is 19.1 Å². The Morgan fingerprint density at radius 2 is 1.93 bits per heavy atom. The monoisotopic (exact) mass is 192 g/mol. The second-order valence-corrected chi connectivity index (χ2v) is 3.42. The Balaban J connectivity index is 2.56. The van der Waals surface area contributed by atoms with E-state index in [9.17, 15) is 4.79 Å². The maximum Gasteiger partial charge on any atom is 0.218 e. The van der Waals surface area contributed by atoms with Crippen LogP contribution in [-0.2, 0) is 4.79 Å². The first-order valence-corrected chi connectivity index (χ1v) is 4.62. The Hall–Kier alpha value is -1.51. The number of benzene rings is 1. The lowest BCUT2D eigenvalue weighted by atomic mass is 10.2. The molecule has 3 nitrogen and oxygen atoms in total. The lowest BCUT2D eigenvalue weighted by Crippen LogP contribution is -2.33. The van der Waals surface area contributed by atoms with Crippen LogP contribution in [0.4, 0.5) is 5.69 Å². The highest BCUT2D eigenvalue weighted by molar-refractivity contribution is 5.73. The van der Waals surface area contributed by atoms with Gasteiger partial charge in [0.2, 0.25) is 5.91 Å². The predicted molar refractivity (Wildman–Crippen MR) is 58.3 cm³/mol. The first kappa shape index (κ1) is 10.6. The molecule has 0 heterocycles. The van der Waals surface area contributed by atoms with Gasteiger partial charge in [-0.1, -0.05) is 17.7 Å². The predicted octanol–water partition coefficient (Wildman–Crippen LogP) is 1.52. The number of rotatable bonds is 3. The van der Waals surface area contributed by atoms with Crippen molar-refractivity contribution in [2.24, 2.45) is 0 Å². The topological polar surface area (TPSA) is 32.3 Å². The molecule has 0 saturated carbocycles. The summed E-state index contributed by atoms with van der Waals surface area (Å²) in [5.74, 6) is -0.0102. The molecule has 0 unspecified atom stereocenters. The molecule has 76 valence electrons. The minimum absolute atomic E-state index is 0.0102. The van der Waals surface area contributed by atoms with Gasteiger partial charge >= 0.3 is 0 Å². The van der Waals surface area contributed by atoms with Gasteiger partial charge in [0, 0.05) is 19.7 Å². The standard InChI is InChI=1S/C11H16N2O/c1-9-4-6-11(7-5-9)13(3)8-12-10(2)14/h4-7H,8H2,1-3H3,(H,12,14). The summed E-state index contributed by atoms with van der Waals surface area (Å²) in [7, 11) is 1.95. The van der Waals surface area contributed by atoms with Crippen molar-refractivity contribution in [1.29, 1.82) is 0 Å². The number of carbonyl (C=O) groups is 1. The van der Waals surface area contributed by atoms with Gasteiger partial charge < -0.3 is 10.2 Å². The summed E-state index contributed by atoms with van der Waals surface area (Å²) in [5, 5.41) is 2.75. The highest BCUT2D eigenvalue weighted by atomic mass is 16.1. The lowest BCUT2D eigenvalue weighted by molar-refractivity contribution is -0.118. The first-order chi connectivity index (χ1) is 6.59. The van der Waals surface area contributed by atoms with Gasteiger partial charge in [0.25, 0.3) is 0 Å². The number of carbonyl (C=O) groups excluding carboxylic acids is 1. The number of aryl methyl sites for hydroxylation is 1. The van der Waals surface area contributed by atoms with Gasteiger partial charge in [0.1, 0.15) is 0 Å². The fourth-order valence-electron chi connectivity index (χ4n) is 1.12. The minimum atomic E-state index is -0.0102. The Kier molecular flexibility index (Phi) is 3.51. The molecule has 0 fully saturated rings. The van der Waals surface area contributed by atoms with Crippen molar-refractivity contribution in [2.45, 2.75) is 13.8 Å². The molecule has 0 saturated heterocycles. The van der Waals surface area contributed by atoms with Crippen LogP contribution in [0.25, 0.3) is 0 Å². The number of hydrogen-bond acceptors (Lipinski definition) is 2. The van der Waals surface area contributed by atoms with E-state index >= 15 is 0 Å². The molecule has 0 aliphatic heterocycles. The molecule has 0 aromatic heterocycles. The van der Waals surface area contributed by atoms with E-state index in [4.69, 9.17) is 0 Å². The zero-order valence-electron chi connectivity index (χ0n) is 8.87. The van der Waals surface area contributed by atoms with Crippen LogP contribution in [0.15, 0.2) is 24.3 Å². The summed E-state index contributed by atoms with van der Waals surface area (Å²) in [6, 6.07) is 8.19. The van der Waals surface area contributed by atoms with Gasteiger partial charge in [-0.25, -0.2) is 0 Å². The van der Waals surface area contributed by atoms with E-state index in [0.717, 1.165) is 5.69 Å². The van der Waals surface area contributed by atoms with E-state index < -0.39 is 0 Å². The van der Waals surface area contributed by atoms with Gasteiger partial charge in [-0.15, -0.1) is 0 Å². The second kappa shape index (κ2) is 4.65. The largest absolute Gasteiger partial charge is 0.357 e. The van der Waals surface area contributed by atoms with Crippen molar-refractivity contribution in [3.8, 4) is 0 Å². The quantitative estimate of drug-likeness (QED) is 0.736. The van der Waals surface area contributed by atoms with Crippen LogP contribution in [0.5, 0.6) is 0 Å². The average Bonchev–Trinajstić information content (AvgIpc) is 2.15. The molecule has 1 rings (SSSR count).